The molecule has 0 bridgehead atoms. The van der Waals surface area contributed by atoms with E-state index in [0.717, 1.165) is 5.92 Å². The average molecular weight is 406 g/mol. The highest BCUT2D eigenvalue weighted by Gasteiger charge is 2.18. The Balaban J connectivity index is 0.00000119. The fraction of sp³-hybridized carbons (Fsp3) is 1.00. The summed E-state index contributed by atoms with van der Waals surface area (Å²) < 4.78 is 25.9. The van der Waals surface area contributed by atoms with E-state index in [1.807, 2.05) is 0 Å². The molecular formula is C22H47NO3S. The molecule has 1 fully saturated rings. The van der Waals surface area contributed by atoms with E-state index in [1.54, 1.807) is 0 Å². The van der Waals surface area contributed by atoms with Crippen LogP contribution in [0.25, 0.3) is 0 Å². The minimum Gasteiger partial charge on any atom is -0.303 e. The molecule has 27 heavy (non-hydrogen) atoms. The van der Waals surface area contributed by atoms with Crippen LogP contribution in [0, 0.1) is 5.92 Å². The first kappa shape index (κ1) is 26.9. The molecule has 0 aliphatic carbocycles. The first-order chi connectivity index (χ1) is 12.9. The maximum absolute atomic E-state index is 9.19. The number of likely N-dealkylation sites (tertiary alicyclic amines) is 1. The molecule has 1 aliphatic rings. The molecule has 1 N–H and O–H groups in total. The van der Waals surface area contributed by atoms with Gasteiger partial charge in [-0.25, -0.2) is 0 Å². The Morgan fingerprint density at radius 3 is 1.85 bits per heavy atom. The van der Waals surface area contributed by atoms with Crippen LogP contribution in [-0.2, 0) is 10.1 Å². The second-order valence-electron chi connectivity index (χ2n) is 8.37. The largest absolute Gasteiger partial charge is 0.303 e. The van der Waals surface area contributed by atoms with E-state index < -0.39 is 10.1 Å². The second kappa shape index (κ2) is 17.9. The Bertz CT molecular complexity index is 404. The van der Waals surface area contributed by atoms with Gasteiger partial charge in [0.1, 0.15) is 0 Å². The number of unbranched alkanes of at least 4 members (excludes halogenated alkanes) is 10. The summed E-state index contributed by atoms with van der Waals surface area (Å²) in [5.74, 6) is 1.01. The van der Waals surface area contributed by atoms with E-state index in [4.69, 9.17) is 4.55 Å². The Labute approximate surface area is 170 Å². The third kappa shape index (κ3) is 22.0. The van der Waals surface area contributed by atoms with Gasteiger partial charge in [0.05, 0.1) is 6.26 Å². The summed E-state index contributed by atoms with van der Waals surface area (Å²) in [6.45, 7) is 8.77. The van der Waals surface area contributed by atoms with Gasteiger partial charge >= 0.3 is 0 Å². The van der Waals surface area contributed by atoms with Crippen molar-refractivity contribution < 1.29 is 13.0 Å². The maximum Gasteiger partial charge on any atom is 0.261 e. The van der Waals surface area contributed by atoms with Crippen LogP contribution in [0.4, 0.5) is 0 Å². The highest BCUT2D eigenvalue weighted by atomic mass is 32.2. The van der Waals surface area contributed by atoms with Crippen molar-refractivity contribution in [1.29, 1.82) is 0 Å². The summed E-state index contributed by atoms with van der Waals surface area (Å²) in [5.41, 5.74) is 0. The Morgan fingerprint density at radius 2 is 1.33 bits per heavy atom. The van der Waals surface area contributed by atoms with Crippen molar-refractivity contribution in [2.75, 3.05) is 25.9 Å². The number of nitrogens with zero attached hydrogens (tertiary/aromatic N) is 1. The SMILES string of the molecule is CCCCCCCCCCCCN1CCCC(CCCC)C1.CS(=O)(=O)O. The third-order valence-corrected chi connectivity index (χ3v) is 5.40. The van der Waals surface area contributed by atoms with E-state index in [9.17, 15) is 8.42 Å². The Kier molecular flexibility index (Phi) is 17.8. The number of piperidine rings is 1. The topological polar surface area (TPSA) is 57.6 Å². The van der Waals surface area contributed by atoms with Gasteiger partial charge in [0.15, 0.2) is 0 Å². The van der Waals surface area contributed by atoms with Gasteiger partial charge in [-0.15, -0.1) is 0 Å². The fourth-order valence-electron chi connectivity index (χ4n) is 3.91. The van der Waals surface area contributed by atoms with Gasteiger partial charge in [-0.05, 0) is 44.7 Å². The van der Waals surface area contributed by atoms with Crippen LogP contribution in [0.3, 0.4) is 0 Å². The van der Waals surface area contributed by atoms with E-state index in [-0.39, 0.29) is 0 Å². The molecule has 0 aromatic carbocycles. The Hall–Kier alpha value is -0.130. The molecule has 0 saturated carbocycles. The maximum atomic E-state index is 9.19. The molecule has 0 radical (unpaired) electrons. The minimum absolute atomic E-state index is 0.715. The van der Waals surface area contributed by atoms with Gasteiger partial charge in [0.25, 0.3) is 10.1 Å². The molecule has 5 heteroatoms. The monoisotopic (exact) mass is 405 g/mol. The number of rotatable bonds is 14. The second-order valence-corrected chi connectivity index (χ2v) is 9.83. The number of hydrogen-bond acceptors (Lipinski definition) is 3. The molecule has 1 rings (SSSR count). The van der Waals surface area contributed by atoms with Crippen molar-refractivity contribution in [3.05, 3.63) is 0 Å². The van der Waals surface area contributed by atoms with Crippen LogP contribution >= 0.6 is 0 Å². The lowest BCUT2D eigenvalue weighted by Crippen LogP contribution is -2.36. The van der Waals surface area contributed by atoms with E-state index in [2.05, 4.69) is 18.7 Å². The first-order valence-electron chi connectivity index (χ1n) is 11.5. The lowest BCUT2D eigenvalue weighted by atomic mass is 9.92. The predicted molar refractivity (Wildman–Crippen MR) is 118 cm³/mol. The molecule has 1 aliphatic heterocycles. The highest BCUT2D eigenvalue weighted by Crippen LogP contribution is 2.22. The normalized spacial score (nSPS) is 18.1. The summed E-state index contributed by atoms with van der Waals surface area (Å²) in [6, 6.07) is 0. The molecule has 1 unspecified atom stereocenters. The summed E-state index contributed by atoms with van der Waals surface area (Å²) >= 11 is 0. The summed E-state index contributed by atoms with van der Waals surface area (Å²) in [5, 5.41) is 0. The van der Waals surface area contributed by atoms with E-state index in [1.165, 1.54) is 116 Å². The van der Waals surface area contributed by atoms with Crippen LogP contribution in [-0.4, -0.2) is 43.8 Å². The predicted octanol–water partition coefficient (Wildman–Crippen LogP) is 6.31. The van der Waals surface area contributed by atoms with Gasteiger partial charge in [-0.1, -0.05) is 84.5 Å². The Morgan fingerprint density at radius 1 is 0.852 bits per heavy atom. The van der Waals surface area contributed by atoms with Crippen molar-refractivity contribution >= 4 is 10.1 Å². The van der Waals surface area contributed by atoms with Gasteiger partial charge in [0.2, 0.25) is 0 Å². The molecular weight excluding hydrogens is 358 g/mol. The van der Waals surface area contributed by atoms with Gasteiger partial charge in [-0.3, -0.25) is 4.55 Å². The minimum atomic E-state index is -3.67. The van der Waals surface area contributed by atoms with Crippen LogP contribution in [0.1, 0.15) is 110 Å². The van der Waals surface area contributed by atoms with Crippen molar-refractivity contribution in [1.82, 2.24) is 4.90 Å². The van der Waals surface area contributed by atoms with Gasteiger partial charge in [-0.2, -0.15) is 8.42 Å². The van der Waals surface area contributed by atoms with Crippen LogP contribution in [0.2, 0.25) is 0 Å². The highest BCUT2D eigenvalue weighted by molar-refractivity contribution is 7.85. The van der Waals surface area contributed by atoms with Crippen molar-refractivity contribution in [3.63, 3.8) is 0 Å². The molecule has 1 saturated heterocycles. The molecule has 1 heterocycles. The molecule has 0 aromatic rings. The lowest BCUT2D eigenvalue weighted by molar-refractivity contribution is 0.164. The zero-order valence-electron chi connectivity index (χ0n) is 18.4. The molecule has 1 atom stereocenters. The van der Waals surface area contributed by atoms with Crippen LogP contribution in [0.5, 0.6) is 0 Å². The molecule has 0 amide bonds. The third-order valence-electron chi connectivity index (χ3n) is 5.40. The van der Waals surface area contributed by atoms with Gasteiger partial charge in [0, 0.05) is 6.54 Å². The smallest absolute Gasteiger partial charge is 0.261 e. The van der Waals surface area contributed by atoms with Crippen molar-refractivity contribution in [3.8, 4) is 0 Å². The summed E-state index contributed by atoms with van der Waals surface area (Å²) in [6.07, 6.45) is 22.5. The van der Waals surface area contributed by atoms with E-state index in [0.29, 0.717) is 6.26 Å². The fourth-order valence-corrected chi connectivity index (χ4v) is 3.91. The lowest BCUT2D eigenvalue weighted by Gasteiger charge is -2.32. The number of hydrogen-bond donors (Lipinski definition) is 1. The summed E-state index contributed by atoms with van der Waals surface area (Å²) in [4.78, 5) is 2.76. The standard InChI is InChI=1S/C21H43N.CH4O3S/c1-3-5-7-8-9-10-11-12-13-14-18-22-19-15-17-21(20-22)16-6-4-2;1-5(2,3)4/h21H,3-20H2,1-2H3;1H3,(H,2,3,4). The van der Waals surface area contributed by atoms with Crippen molar-refractivity contribution in [2.24, 2.45) is 5.92 Å². The van der Waals surface area contributed by atoms with Crippen molar-refractivity contribution in [2.45, 2.75) is 110 Å². The molecule has 164 valence electrons. The average Bonchev–Trinajstić information content (AvgIpc) is 2.60. The molecule has 0 aromatic heterocycles. The van der Waals surface area contributed by atoms with E-state index >= 15 is 0 Å². The molecule has 0 spiro atoms. The van der Waals surface area contributed by atoms with Gasteiger partial charge < -0.3 is 4.90 Å². The van der Waals surface area contributed by atoms with Crippen LogP contribution < -0.4 is 0 Å². The quantitative estimate of drug-likeness (QED) is 0.271. The first-order valence-corrected chi connectivity index (χ1v) is 13.4. The zero-order chi connectivity index (χ0) is 20.4. The zero-order valence-corrected chi connectivity index (χ0v) is 19.2. The molecule has 4 nitrogen and oxygen atoms in total. The summed E-state index contributed by atoms with van der Waals surface area (Å²) in [7, 11) is -3.67. The van der Waals surface area contributed by atoms with Crippen LogP contribution in [0.15, 0.2) is 0 Å².